The number of hydrogen-bond donors (Lipinski definition) is 4. The van der Waals surface area contributed by atoms with Crippen LogP contribution in [0.5, 0.6) is 0 Å². The molecule has 1 rings (SSSR count). The van der Waals surface area contributed by atoms with Gasteiger partial charge in [0.05, 0.1) is 12.1 Å². The fourth-order valence-corrected chi connectivity index (χ4v) is 3.58. The minimum atomic E-state index is -0.933. The van der Waals surface area contributed by atoms with Crippen molar-refractivity contribution in [2.24, 2.45) is 17.8 Å². The minimum absolute atomic E-state index is 0.0984. The van der Waals surface area contributed by atoms with Crippen molar-refractivity contribution in [3.8, 4) is 0 Å². The molecule has 0 aliphatic rings. The second-order valence-corrected chi connectivity index (χ2v) is 11.0. The first-order valence-electron chi connectivity index (χ1n) is 12.5. The summed E-state index contributed by atoms with van der Waals surface area (Å²) < 4.78 is 5.35. The number of rotatable bonds is 12. The number of benzene rings is 1. The van der Waals surface area contributed by atoms with Gasteiger partial charge in [-0.2, -0.15) is 0 Å². The van der Waals surface area contributed by atoms with Crippen LogP contribution in [0.15, 0.2) is 30.3 Å². The molecule has 3 amide bonds. The standard InChI is InChI=1S/C27H45N3O5/c1-17(2)16-28-24(32)19(5)14-22(31)23(18(3)4)30-25(33)21(15-20-12-10-9-11-13-20)29-26(34)35-27(6,7)8/h9-13,17-19,21-23,31H,14-16H2,1-8H3,(H,28,32)(H,29,34)(H,30,33)/t19-,21+,22+,23+/m1/s1. The van der Waals surface area contributed by atoms with Crippen molar-refractivity contribution in [3.05, 3.63) is 35.9 Å². The lowest BCUT2D eigenvalue weighted by Crippen LogP contribution is -2.55. The Morgan fingerprint density at radius 2 is 1.54 bits per heavy atom. The maximum atomic E-state index is 13.3. The number of aliphatic hydroxyl groups excluding tert-OH is 1. The van der Waals surface area contributed by atoms with E-state index in [1.165, 1.54) is 0 Å². The van der Waals surface area contributed by atoms with E-state index in [0.717, 1.165) is 5.56 Å². The molecule has 0 fully saturated rings. The summed E-state index contributed by atoms with van der Waals surface area (Å²) in [5.41, 5.74) is 0.168. The van der Waals surface area contributed by atoms with Crippen LogP contribution in [0.1, 0.15) is 67.4 Å². The number of aliphatic hydroxyl groups is 1. The normalized spacial score (nSPS) is 15.2. The molecular formula is C27H45N3O5. The van der Waals surface area contributed by atoms with Crippen LogP contribution >= 0.6 is 0 Å². The van der Waals surface area contributed by atoms with E-state index in [4.69, 9.17) is 4.74 Å². The Labute approximate surface area is 210 Å². The summed E-state index contributed by atoms with van der Waals surface area (Å²) >= 11 is 0. The number of carbonyl (C=O) groups is 3. The van der Waals surface area contributed by atoms with Gasteiger partial charge in [0, 0.05) is 18.9 Å². The average Bonchev–Trinajstić information content (AvgIpc) is 2.74. The van der Waals surface area contributed by atoms with Gasteiger partial charge in [0.2, 0.25) is 11.8 Å². The Morgan fingerprint density at radius 1 is 0.943 bits per heavy atom. The molecule has 0 aromatic heterocycles. The highest BCUT2D eigenvalue weighted by Gasteiger charge is 2.31. The highest BCUT2D eigenvalue weighted by atomic mass is 16.6. The average molecular weight is 492 g/mol. The van der Waals surface area contributed by atoms with Crippen LogP contribution in [0.4, 0.5) is 4.79 Å². The van der Waals surface area contributed by atoms with E-state index in [-0.39, 0.29) is 24.7 Å². The van der Waals surface area contributed by atoms with Crippen LogP contribution in [0.3, 0.4) is 0 Å². The number of carbonyl (C=O) groups excluding carboxylic acids is 3. The van der Waals surface area contributed by atoms with E-state index < -0.39 is 41.7 Å². The van der Waals surface area contributed by atoms with Crippen molar-refractivity contribution in [2.45, 2.75) is 92.0 Å². The molecule has 35 heavy (non-hydrogen) atoms. The Morgan fingerprint density at radius 3 is 2.06 bits per heavy atom. The van der Waals surface area contributed by atoms with Crippen molar-refractivity contribution >= 4 is 17.9 Å². The van der Waals surface area contributed by atoms with E-state index in [9.17, 15) is 19.5 Å². The van der Waals surface area contributed by atoms with Gasteiger partial charge in [0.1, 0.15) is 11.6 Å². The van der Waals surface area contributed by atoms with Gasteiger partial charge in [0.25, 0.3) is 0 Å². The van der Waals surface area contributed by atoms with Crippen LogP contribution in [0.25, 0.3) is 0 Å². The maximum Gasteiger partial charge on any atom is 0.408 e. The van der Waals surface area contributed by atoms with Crippen LogP contribution in [-0.2, 0) is 20.7 Å². The van der Waals surface area contributed by atoms with Crippen molar-refractivity contribution in [2.75, 3.05) is 6.54 Å². The first kappa shape index (κ1) is 30.4. The number of nitrogens with one attached hydrogen (secondary N) is 3. The highest BCUT2D eigenvalue weighted by Crippen LogP contribution is 2.16. The Hall–Kier alpha value is -2.61. The van der Waals surface area contributed by atoms with Crippen molar-refractivity contribution in [1.82, 2.24) is 16.0 Å². The van der Waals surface area contributed by atoms with Gasteiger partial charge in [-0.05, 0) is 44.6 Å². The Balaban J connectivity index is 2.94. The largest absolute Gasteiger partial charge is 0.444 e. The van der Waals surface area contributed by atoms with Gasteiger partial charge in [-0.3, -0.25) is 9.59 Å². The SMILES string of the molecule is CC(C)CNC(=O)[C@H](C)C[C@H](O)[C@@H](NC(=O)[C@H](Cc1ccccc1)NC(=O)OC(C)(C)C)C(C)C. The lowest BCUT2D eigenvalue weighted by Gasteiger charge is -2.31. The van der Waals surface area contributed by atoms with Crippen molar-refractivity contribution in [1.29, 1.82) is 0 Å². The molecule has 198 valence electrons. The molecule has 8 nitrogen and oxygen atoms in total. The summed E-state index contributed by atoms with van der Waals surface area (Å²) in [4.78, 5) is 38.1. The zero-order chi connectivity index (χ0) is 26.8. The molecular weight excluding hydrogens is 446 g/mol. The van der Waals surface area contributed by atoms with Gasteiger partial charge in [-0.15, -0.1) is 0 Å². The molecule has 0 aliphatic heterocycles. The molecule has 1 aromatic rings. The smallest absolute Gasteiger partial charge is 0.408 e. The summed E-state index contributed by atoms with van der Waals surface area (Å²) in [5.74, 6) is -0.729. The molecule has 0 saturated heterocycles. The number of ether oxygens (including phenoxy) is 1. The number of hydrogen-bond acceptors (Lipinski definition) is 5. The highest BCUT2D eigenvalue weighted by molar-refractivity contribution is 5.86. The molecule has 0 heterocycles. The van der Waals surface area contributed by atoms with E-state index >= 15 is 0 Å². The number of alkyl carbamates (subject to hydrolysis) is 1. The molecule has 8 heteroatoms. The van der Waals surface area contributed by atoms with Gasteiger partial charge in [-0.1, -0.05) is 65.0 Å². The predicted octanol–water partition coefficient (Wildman–Crippen LogP) is 3.42. The monoisotopic (exact) mass is 491 g/mol. The molecule has 0 bridgehead atoms. The van der Waals surface area contributed by atoms with Crippen LogP contribution in [0, 0.1) is 17.8 Å². The lowest BCUT2D eigenvalue weighted by atomic mass is 9.91. The van der Waals surface area contributed by atoms with Crippen LogP contribution in [-0.4, -0.2) is 53.3 Å². The zero-order valence-electron chi connectivity index (χ0n) is 22.6. The third-order valence-corrected chi connectivity index (χ3v) is 5.46. The van der Waals surface area contributed by atoms with E-state index in [2.05, 4.69) is 16.0 Å². The van der Waals surface area contributed by atoms with Gasteiger partial charge in [0.15, 0.2) is 0 Å². The van der Waals surface area contributed by atoms with Crippen LogP contribution < -0.4 is 16.0 Å². The van der Waals surface area contributed by atoms with E-state index in [0.29, 0.717) is 12.5 Å². The summed E-state index contributed by atoms with van der Waals surface area (Å²) in [6.45, 7) is 15.4. The molecule has 1 aromatic carbocycles. The van der Waals surface area contributed by atoms with Gasteiger partial charge >= 0.3 is 6.09 Å². The topological polar surface area (TPSA) is 117 Å². The fraction of sp³-hybridized carbons (Fsp3) is 0.667. The number of amides is 3. The van der Waals surface area contributed by atoms with E-state index in [1.807, 2.05) is 58.0 Å². The molecule has 0 radical (unpaired) electrons. The second-order valence-electron chi connectivity index (χ2n) is 11.0. The molecule has 0 spiro atoms. The summed E-state index contributed by atoms with van der Waals surface area (Å²) in [6.07, 6.45) is -1.15. The molecule has 4 atom stereocenters. The van der Waals surface area contributed by atoms with Gasteiger partial charge < -0.3 is 25.8 Å². The zero-order valence-corrected chi connectivity index (χ0v) is 22.6. The third kappa shape index (κ3) is 12.1. The Kier molecular flexibility index (Phi) is 12.2. The summed E-state index contributed by atoms with van der Waals surface area (Å²) in [6, 6.07) is 7.87. The molecule has 0 aliphatic carbocycles. The lowest BCUT2D eigenvalue weighted by molar-refractivity contribution is -0.126. The second kappa shape index (κ2) is 14.1. The summed E-state index contributed by atoms with van der Waals surface area (Å²) in [7, 11) is 0. The third-order valence-electron chi connectivity index (χ3n) is 5.46. The molecule has 0 unspecified atom stereocenters. The maximum absolute atomic E-state index is 13.3. The fourth-order valence-electron chi connectivity index (χ4n) is 3.58. The Bertz CT molecular complexity index is 805. The quantitative estimate of drug-likeness (QED) is 0.357. The van der Waals surface area contributed by atoms with E-state index in [1.54, 1.807) is 27.7 Å². The molecule has 0 saturated carbocycles. The summed E-state index contributed by atoms with van der Waals surface area (Å²) in [5, 5.41) is 19.4. The van der Waals surface area contributed by atoms with Crippen LogP contribution in [0.2, 0.25) is 0 Å². The predicted molar refractivity (Wildman–Crippen MR) is 138 cm³/mol. The van der Waals surface area contributed by atoms with Crippen molar-refractivity contribution in [3.63, 3.8) is 0 Å². The minimum Gasteiger partial charge on any atom is -0.444 e. The van der Waals surface area contributed by atoms with Gasteiger partial charge in [-0.25, -0.2) is 4.79 Å². The molecule has 4 N–H and O–H groups in total. The first-order chi connectivity index (χ1) is 16.2. The first-order valence-corrected chi connectivity index (χ1v) is 12.5. The van der Waals surface area contributed by atoms with Crippen molar-refractivity contribution < 1.29 is 24.2 Å².